The molecule has 0 aliphatic carbocycles. The molecule has 0 fully saturated rings. The van der Waals surface area contributed by atoms with Gasteiger partial charge in [-0.1, -0.05) is 0 Å². The van der Waals surface area contributed by atoms with Gasteiger partial charge >= 0.3 is 11.9 Å². The number of hydrogen-bond acceptors (Lipinski definition) is 19. The normalized spacial score (nSPS) is 13.6. The maximum atomic E-state index is 14.6. The molecule has 9 atom stereocenters. The van der Waals surface area contributed by atoms with Crippen molar-refractivity contribution in [3.8, 4) is 0 Å². The summed E-state index contributed by atoms with van der Waals surface area (Å²) in [7, 11) is 0. The summed E-state index contributed by atoms with van der Waals surface area (Å²) in [5.41, 5.74) is 83.4. The van der Waals surface area contributed by atoms with Crippen molar-refractivity contribution in [1.29, 1.82) is 0 Å². The quantitative estimate of drug-likeness (QED) is 0.0153. The topological polar surface area (TPSA) is 772 Å². The van der Waals surface area contributed by atoms with Crippen molar-refractivity contribution in [3.05, 3.63) is 0 Å². The number of carbonyl (C=O) groups is 10. The summed E-state index contributed by atoms with van der Waals surface area (Å²) in [5.74, 6) is -11.9. The molecule has 0 aromatic heterocycles. The maximum Gasteiger partial charge on any atom is 0.326 e. The molecular formula is C53H105N29O12. The van der Waals surface area contributed by atoms with Crippen LogP contribution in [0.3, 0.4) is 0 Å². The van der Waals surface area contributed by atoms with Crippen LogP contribution in [-0.2, 0) is 47.9 Å². The number of hydrogen-bond donors (Lipinski definition) is 25. The number of nitrogens with one attached hydrogen (secondary N) is 8. The zero-order chi connectivity index (χ0) is 71.1. The molecule has 0 aromatic rings. The van der Waals surface area contributed by atoms with E-state index in [0.717, 1.165) is 0 Å². The Kier molecular flexibility index (Phi) is 43.8. The number of carboxylic acids is 2. The fraction of sp³-hybridized carbons (Fsp3) is 0.698. The minimum atomic E-state index is -1.77. The number of aliphatic imine (C=N–C) groups is 6. The number of carboxylic acid groups (broad SMARTS) is 2. The summed E-state index contributed by atoms with van der Waals surface area (Å²) >= 11 is 0. The van der Waals surface area contributed by atoms with Crippen molar-refractivity contribution in [2.75, 3.05) is 52.4 Å². The lowest BCUT2D eigenvalue weighted by Gasteiger charge is -2.28. The Hall–Kier alpha value is -9.80. The maximum absolute atomic E-state index is 14.6. The van der Waals surface area contributed by atoms with Gasteiger partial charge in [0.15, 0.2) is 35.8 Å². The van der Waals surface area contributed by atoms with Gasteiger partial charge < -0.3 is 139 Å². The van der Waals surface area contributed by atoms with Gasteiger partial charge in [-0.2, -0.15) is 0 Å². The van der Waals surface area contributed by atoms with E-state index in [-0.39, 0.29) is 172 Å². The second kappa shape index (κ2) is 48.9. The molecule has 0 heterocycles. The Balaban J connectivity index is 7.46. The van der Waals surface area contributed by atoms with Gasteiger partial charge in [-0.3, -0.25) is 73.1 Å². The molecule has 41 nitrogen and oxygen atoms in total. The number of rotatable bonds is 52. The van der Waals surface area contributed by atoms with Crippen molar-refractivity contribution in [2.45, 2.75) is 183 Å². The second-order valence-corrected chi connectivity index (χ2v) is 21.6. The lowest BCUT2D eigenvalue weighted by atomic mass is 10.0. The summed E-state index contributed by atoms with van der Waals surface area (Å²) in [6.45, 7) is 0.463. The second-order valence-electron chi connectivity index (χ2n) is 21.6. The lowest BCUT2D eigenvalue weighted by Crippen LogP contribution is -2.60. The van der Waals surface area contributed by atoms with E-state index in [9.17, 15) is 58.2 Å². The van der Waals surface area contributed by atoms with E-state index < -0.39 is 126 Å². The van der Waals surface area contributed by atoms with Gasteiger partial charge in [-0.25, -0.2) is 4.79 Å². The van der Waals surface area contributed by atoms with Gasteiger partial charge in [0.25, 0.3) is 0 Å². The van der Waals surface area contributed by atoms with E-state index >= 15 is 0 Å². The van der Waals surface area contributed by atoms with Crippen LogP contribution in [0.1, 0.15) is 128 Å². The zero-order valence-corrected chi connectivity index (χ0v) is 53.3. The summed E-state index contributed by atoms with van der Waals surface area (Å²) < 4.78 is 0. The van der Waals surface area contributed by atoms with Crippen molar-refractivity contribution in [3.63, 3.8) is 0 Å². The monoisotopic (exact) mass is 1340 g/mol. The molecule has 0 unspecified atom stereocenters. The molecule has 0 bridgehead atoms. The number of amides is 8. The Bertz CT molecular complexity index is 2570. The smallest absolute Gasteiger partial charge is 0.326 e. The third-order valence-corrected chi connectivity index (χ3v) is 13.6. The van der Waals surface area contributed by atoms with Crippen LogP contribution in [0.5, 0.6) is 0 Å². The van der Waals surface area contributed by atoms with E-state index in [4.69, 9.17) is 86.0 Å². The molecule has 8 amide bonds. The number of guanidine groups is 6. The minimum absolute atomic E-state index is 0.00258. The van der Waals surface area contributed by atoms with E-state index in [2.05, 4.69) is 72.5 Å². The molecule has 0 saturated heterocycles. The van der Waals surface area contributed by atoms with Crippen molar-refractivity contribution < 1.29 is 58.2 Å². The minimum Gasteiger partial charge on any atom is -0.481 e. The van der Waals surface area contributed by atoms with Crippen LogP contribution in [0.15, 0.2) is 30.0 Å². The van der Waals surface area contributed by atoms with E-state index in [1.807, 2.05) is 0 Å². The number of aliphatic carboxylic acids is 2. The van der Waals surface area contributed by atoms with Crippen LogP contribution in [0.25, 0.3) is 0 Å². The molecule has 0 aliphatic heterocycles. The first kappa shape index (κ1) is 84.2. The lowest BCUT2D eigenvalue weighted by molar-refractivity contribution is -0.142. The molecule has 40 N–H and O–H groups in total. The Morgan fingerprint density at radius 1 is 0.277 bits per heavy atom. The molecule has 94 heavy (non-hydrogen) atoms. The standard InChI is InChI=1S/C53H105N29O12/c54-21-3-1-12-30(75-39(85)29(56)11-5-23-69-48(57)58)40(86)76-31(13-2-4-22-55)41(87)77-32(14-6-24-70-49(59)60)42(88)78-34(16-8-26-72-51(63)64)44(90)81-36(19-20-38(83)84)46(92)80-33(15-7-25-71-50(61)62)43(89)79-35(17-9-27-73-52(65)66)45(91)82-37(47(93)94)18-10-28-74-53(67)68/h29-37H,1-28,54-56H2,(H,75,85)(H,76,86)(H,77,87)(H,78,88)(H,79,89)(H,80,92)(H,81,90)(H,82,91)(H,83,84)(H,93,94)(H4,57,58,69)(H4,59,60,70)(H4,61,62,71)(H4,63,64,72)(H4,65,66,73)(H4,67,68,74)/t29-,30+,31+,32+,33+,34-,35+,36+,37-/m1/s1. The van der Waals surface area contributed by atoms with Gasteiger partial charge in [-0.15, -0.1) is 0 Å². The fourth-order valence-electron chi connectivity index (χ4n) is 8.75. The summed E-state index contributed by atoms with van der Waals surface area (Å²) in [6, 6.07) is -13.1. The molecular weight excluding hydrogens is 1230 g/mol. The zero-order valence-electron chi connectivity index (χ0n) is 53.3. The molecule has 0 aliphatic rings. The average Bonchev–Trinajstić information content (AvgIpc) is 0.920. The predicted molar refractivity (Wildman–Crippen MR) is 353 cm³/mol. The third kappa shape index (κ3) is 40.8. The molecule has 0 aromatic carbocycles. The number of carbonyl (C=O) groups excluding carboxylic acids is 8. The van der Waals surface area contributed by atoms with E-state index in [1.54, 1.807) is 0 Å². The molecule has 0 rings (SSSR count). The molecule has 534 valence electrons. The van der Waals surface area contributed by atoms with Gasteiger partial charge in [0.05, 0.1) is 6.04 Å². The predicted octanol–water partition coefficient (Wildman–Crippen LogP) is -10.3. The van der Waals surface area contributed by atoms with Gasteiger partial charge in [-0.05, 0) is 135 Å². The van der Waals surface area contributed by atoms with Gasteiger partial charge in [0.2, 0.25) is 47.3 Å². The first-order chi connectivity index (χ1) is 44.4. The fourth-order valence-corrected chi connectivity index (χ4v) is 8.75. The summed E-state index contributed by atoms with van der Waals surface area (Å²) in [4.78, 5) is 161. The van der Waals surface area contributed by atoms with Crippen LogP contribution < -0.4 is 129 Å². The number of nitrogens with zero attached hydrogens (tertiary/aromatic N) is 6. The van der Waals surface area contributed by atoms with Gasteiger partial charge in [0.1, 0.15) is 48.3 Å². The third-order valence-electron chi connectivity index (χ3n) is 13.6. The first-order valence-corrected chi connectivity index (χ1v) is 30.8. The highest BCUT2D eigenvalue weighted by molar-refractivity contribution is 5.98. The summed E-state index contributed by atoms with van der Waals surface area (Å²) in [5, 5.41) is 40.3. The Labute approximate surface area is 545 Å². The molecule has 41 heteroatoms. The van der Waals surface area contributed by atoms with Crippen molar-refractivity contribution >= 4 is 95.0 Å². The van der Waals surface area contributed by atoms with Crippen LogP contribution >= 0.6 is 0 Å². The SMILES string of the molecule is NCCCC[C@H](NC(=O)[C@H](N)CCCN=C(N)N)C(=O)N[C@@H](CCCCN)C(=O)N[C@@H](CCCN=C(N)N)C(=O)N[C@H](CCCN=C(N)N)C(=O)N[C@@H](CCC(=O)O)C(=O)N[C@@H](CCCN=C(N)N)C(=O)N[C@@H](CCCN=C(N)N)C(=O)N[C@H](CCCN=C(N)N)C(=O)O. The van der Waals surface area contributed by atoms with Crippen LogP contribution in [0.4, 0.5) is 0 Å². The van der Waals surface area contributed by atoms with E-state index in [0.29, 0.717) is 32.1 Å². The van der Waals surface area contributed by atoms with Gasteiger partial charge in [0, 0.05) is 45.7 Å². The number of unbranched alkanes of at least 4 members (excludes halogenated alkanes) is 2. The van der Waals surface area contributed by atoms with Crippen LogP contribution in [0.2, 0.25) is 0 Å². The molecule has 0 radical (unpaired) electrons. The van der Waals surface area contributed by atoms with E-state index in [1.165, 1.54) is 0 Å². The first-order valence-electron chi connectivity index (χ1n) is 30.8. The highest BCUT2D eigenvalue weighted by Crippen LogP contribution is 2.12. The van der Waals surface area contributed by atoms with Crippen LogP contribution in [0, 0.1) is 0 Å². The van der Waals surface area contributed by atoms with Crippen molar-refractivity contribution in [1.82, 2.24) is 42.5 Å². The molecule has 0 saturated carbocycles. The largest absolute Gasteiger partial charge is 0.481 e. The van der Waals surface area contributed by atoms with Crippen molar-refractivity contribution in [2.24, 2.45) is 116 Å². The Morgan fingerprint density at radius 3 is 0.702 bits per heavy atom. The Morgan fingerprint density at radius 2 is 0.479 bits per heavy atom. The average molecular weight is 1340 g/mol. The van der Waals surface area contributed by atoms with Crippen LogP contribution in [-0.4, -0.2) is 212 Å². The molecule has 0 spiro atoms. The highest BCUT2D eigenvalue weighted by Gasteiger charge is 2.35. The number of nitrogens with two attached hydrogens (primary N) is 15. The summed E-state index contributed by atoms with van der Waals surface area (Å²) in [6.07, 6.45) is 0.0466. The highest BCUT2D eigenvalue weighted by atomic mass is 16.4.